The Balaban J connectivity index is 1.47. The number of likely N-dealkylation sites (tertiary alicyclic amines) is 1. The quantitative estimate of drug-likeness (QED) is 0.264. The maximum Gasteiger partial charge on any atom is 0.192 e. The van der Waals surface area contributed by atoms with Crippen LogP contribution in [0.4, 0.5) is 0 Å². The maximum absolute atomic E-state index is 6.99. The molecule has 3 aromatic carbocycles. The van der Waals surface area contributed by atoms with Gasteiger partial charge in [-0.2, -0.15) is 0 Å². The summed E-state index contributed by atoms with van der Waals surface area (Å²) in [5.74, 6) is 0.691. The summed E-state index contributed by atoms with van der Waals surface area (Å²) >= 11 is 0. The van der Waals surface area contributed by atoms with Gasteiger partial charge in [-0.15, -0.1) is 0 Å². The molecule has 0 spiro atoms. The minimum absolute atomic E-state index is 0.156. The van der Waals surface area contributed by atoms with E-state index >= 15 is 0 Å². The van der Waals surface area contributed by atoms with Gasteiger partial charge in [0.15, 0.2) is 8.32 Å². The van der Waals surface area contributed by atoms with Crippen molar-refractivity contribution in [2.24, 2.45) is 5.92 Å². The maximum atomic E-state index is 6.99. The molecule has 2 aliphatic rings. The smallest absolute Gasteiger partial charge is 0.192 e. The molecule has 0 aromatic heterocycles. The number of nitrogens with zero attached hydrogens (tertiary/aromatic N) is 2. The van der Waals surface area contributed by atoms with Crippen LogP contribution >= 0.6 is 0 Å². The Bertz CT molecular complexity index is 1100. The van der Waals surface area contributed by atoms with Crippen molar-refractivity contribution < 1.29 is 4.43 Å². The molecule has 1 saturated heterocycles. The van der Waals surface area contributed by atoms with Crippen LogP contribution in [-0.2, 0) is 24.1 Å². The predicted octanol–water partition coefficient (Wildman–Crippen LogP) is 7.35. The van der Waals surface area contributed by atoms with Gasteiger partial charge >= 0.3 is 0 Å². The lowest BCUT2D eigenvalue weighted by molar-refractivity contribution is 0.0496. The second-order valence-electron chi connectivity index (χ2n) is 12.7. The highest BCUT2D eigenvalue weighted by molar-refractivity contribution is 6.74. The zero-order valence-corrected chi connectivity index (χ0v) is 24.4. The van der Waals surface area contributed by atoms with Crippen LogP contribution in [0.2, 0.25) is 18.1 Å². The lowest BCUT2D eigenvalue weighted by Gasteiger charge is -2.43. The molecule has 0 bridgehead atoms. The molecule has 196 valence electrons. The summed E-state index contributed by atoms with van der Waals surface area (Å²) in [5, 5.41) is 0.208. The van der Waals surface area contributed by atoms with E-state index in [0.717, 1.165) is 32.8 Å². The van der Waals surface area contributed by atoms with Crippen molar-refractivity contribution in [1.82, 2.24) is 9.80 Å². The fourth-order valence-electron chi connectivity index (χ4n) is 6.00. The van der Waals surface area contributed by atoms with Gasteiger partial charge in [0.2, 0.25) is 0 Å². The van der Waals surface area contributed by atoms with E-state index < -0.39 is 8.32 Å². The SMILES string of the molecule is CC(C)(C)[Si](C)(C)OC[C@H]1N(Cc2ccccc2)C[C@@H]2C[C@@]21N(Cc1ccccc1)Cc1ccccc1. The molecule has 3 nitrogen and oxygen atoms in total. The molecule has 0 unspecified atom stereocenters. The summed E-state index contributed by atoms with van der Waals surface area (Å²) in [7, 11) is -1.87. The Morgan fingerprint density at radius 3 is 1.78 bits per heavy atom. The summed E-state index contributed by atoms with van der Waals surface area (Å²) in [6, 6.07) is 33.4. The first-order valence-electron chi connectivity index (χ1n) is 13.9. The molecular formula is C33H44N2OSi. The number of rotatable bonds is 10. The average Bonchev–Trinajstić information content (AvgIpc) is 3.51. The van der Waals surface area contributed by atoms with Crippen LogP contribution in [0.1, 0.15) is 43.9 Å². The van der Waals surface area contributed by atoms with Crippen LogP contribution in [0.5, 0.6) is 0 Å². The van der Waals surface area contributed by atoms with Gasteiger partial charge in [0.05, 0.1) is 12.6 Å². The van der Waals surface area contributed by atoms with Crippen molar-refractivity contribution in [3.8, 4) is 0 Å². The lowest BCUT2D eigenvalue weighted by Crippen LogP contribution is -2.54. The molecule has 5 rings (SSSR count). The third-order valence-corrected chi connectivity index (χ3v) is 13.8. The molecule has 1 saturated carbocycles. The highest BCUT2D eigenvalue weighted by Crippen LogP contribution is 2.59. The van der Waals surface area contributed by atoms with Crippen molar-refractivity contribution in [2.75, 3.05) is 13.2 Å². The van der Waals surface area contributed by atoms with Crippen LogP contribution in [0, 0.1) is 5.92 Å². The number of benzene rings is 3. The first kappa shape index (κ1) is 26.4. The Morgan fingerprint density at radius 2 is 1.30 bits per heavy atom. The molecule has 1 aliphatic carbocycles. The monoisotopic (exact) mass is 512 g/mol. The number of fused-ring (bicyclic) bond motifs is 1. The first-order valence-corrected chi connectivity index (χ1v) is 16.8. The molecule has 0 amide bonds. The van der Waals surface area contributed by atoms with Crippen LogP contribution in [0.25, 0.3) is 0 Å². The van der Waals surface area contributed by atoms with E-state index in [-0.39, 0.29) is 10.6 Å². The van der Waals surface area contributed by atoms with E-state index in [0.29, 0.717) is 12.0 Å². The number of hydrogen-bond acceptors (Lipinski definition) is 3. The second-order valence-corrected chi connectivity index (χ2v) is 17.5. The van der Waals surface area contributed by atoms with E-state index in [2.05, 4.69) is 135 Å². The Morgan fingerprint density at radius 1 is 0.811 bits per heavy atom. The topological polar surface area (TPSA) is 15.7 Å². The van der Waals surface area contributed by atoms with E-state index in [4.69, 9.17) is 4.43 Å². The van der Waals surface area contributed by atoms with Gasteiger partial charge in [-0.25, -0.2) is 0 Å². The molecule has 0 radical (unpaired) electrons. The predicted molar refractivity (Wildman–Crippen MR) is 157 cm³/mol. The Labute approximate surface area is 225 Å². The lowest BCUT2D eigenvalue weighted by atomic mass is 10.0. The van der Waals surface area contributed by atoms with E-state index in [1.807, 2.05) is 0 Å². The van der Waals surface area contributed by atoms with Crippen molar-refractivity contribution >= 4 is 8.32 Å². The van der Waals surface area contributed by atoms with Gasteiger partial charge in [0.25, 0.3) is 0 Å². The zero-order chi connectivity index (χ0) is 26.1. The highest BCUT2D eigenvalue weighted by atomic mass is 28.4. The molecule has 3 atom stereocenters. The zero-order valence-electron chi connectivity index (χ0n) is 23.4. The molecular weight excluding hydrogens is 468 g/mol. The molecule has 1 aliphatic heterocycles. The van der Waals surface area contributed by atoms with Crippen molar-refractivity contribution in [3.63, 3.8) is 0 Å². The van der Waals surface area contributed by atoms with Crippen LogP contribution in [-0.4, -0.2) is 42.8 Å². The number of piperidine rings is 1. The third-order valence-electron chi connectivity index (χ3n) is 9.25. The minimum Gasteiger partial charge on any atom is -0.415 e. The fraction of sp³-hybridized carbons (Fsp3) is 0.455. The van der Waals surface area contributed by atoms with Gasteiger partial charge in [0.1, 0.15) is 0 Å². The summed E-state index contributed by atoms with van der Waals surface area (Å²) < 4.78 is 6.99. The largest absolute Gasteiger partial charge is 0.415 e. The van der Waals surface area contributed by atoms with Gasteiger partial charge in [-0.1, -0.05) is 112 Å². The minimum atomic E-state index is -1.87. The van der Waals surface area contributed by atoms with Gasteiger partial charge < -0.3 is 4.43 Å². The average molecular weight is 513 g/mol. The molecule has 4 heteroatoms. The standard InChI is InChI=1S/C33H44N2OSi/c1-32(2,3)37(4,5)36-26-31-33(21-30(33)25-34(31)22-27-15-9-6-10-16-27)35(23-28-17-11-7-12-18-28)24-29-19-13-8-14-20-29/h6-20,30-31H,21-26H2,1-5H3/t30-,31+,33+/m0/s1. The van der Waals surface area contributed by atoms with Crippen molar-refractivity contribution in [1.29, 1.82) is 0 Å². The van der Waals surface area contributed by atoms with Gasteiger partial charge in [-0.05, 0) is 47.2 Å². The fourth-order valence-corrected chi connectivity index (χ4v) is 7.00. The Hall–Kier alpha value is -2.24. The molecule has 37 heavy (non-hydrogen) atoms. The van der Waals surface area contributed by atoms with Crippen LogP contribution < -0.4 is 0 Å². The first-order chi connectivity index (χ1) is 17.7. The third kappa shape index (κ3) is 5.63. The summed E-state index contributed by atoms with van der Waals surface area (Å²) in [5.41, 5.74) is 4.34. The highest BCUT2D eigenvalue weighted by Gasteiger charge is 2.68. The van der Waals surface area contributed by atoms with Crippen LogP contribution in [0.15, 0.2) is 91.0 Å². The molecule has 0 N–H and O–H groups in total. The summed E-state index contributed by atoms with van der Waals surface area (Å²) in [4.78, 5) is 5.53. The normalized spacial score (nSPS) is 23.8. The van der Waals surface area contributed by atoms with Gasteiger partial charge in [0, 0.05) is 31.7 Å². The van der Waals surface area contributed by atoms with Gasteiger partial charge in [-0.3, -0.25) is 9.80 Å². The second kappa shape index (κ2) is 10.5. The van der Waals surface area contributed by atoms with Crippen LogP contribution in [0.3, 0.4) is 0 Å². The summed E-state index contributed by atoms with van der Waals surface area (Å²) in [6.07, 6.45) is 1.27. The van der Waals surface area contributed by atoms with Crippen molar-refractivity contribution in [3.05, 3.63) is 108 Å². The van der Waals surface area contributed by atoms with E-state index in [1.54, 1.807) is 0 Å². The molecule has 2 fully saturated rings. The molecule has 1 heterocycles. The van der Waals surface area contributed by atoms with E-state index in [1.165, 1.54) is 23.1 Å². The number of hydrogen-bond donors (Lipinski definition) is 0. The van der Waals surface area contributed by atoms with E-state index in [9.17, 15) is 0 Å². The Kier molecular flexibility index (Phi) is 7.48. The van der Waals surface area contributed by atoms with Crippen molar-refractivity contribution in [2.45, 2.75) is 76.5 Å². The molecule has 3 aromatic rings. The summed E-state index contributed by atoms with van der Waals surface area (Å²) in [6.45, 7) is 16.8.